The first-order valence-corrected chi connectivity index (χ1v) is 11.2. The van der Waals surface area contributed by atoms with Gasteiger partial charge in [-0.2, -0.15) is 0 Å². The summed E-state index contributed by atoms with van der Waals surface area (Å²) in [4.78, 5) is 39.9. The van der Waals surface area contributed by atoms with Gasteiger partial charge in [0.1, 0.15) is 11.4 Å². The minimum Gasteiger partial charge on any atom is -0.366 e. The number of hydrogen-bond acceptors (Lipinski definition) is 6. The Morgan fingerprint density at radius 3 is 2.62 bits per heavy atom. The zero-order valence-corrected chi connectivity index (χ0v) is 19.1. The number of rotatable bonds is 6. The van der Waals surface area contributed by atoms with E-state index in [0.717, 1.165) is 67.0 Å². The fourth-order valence-corrected chi connectivity index (χ4v) is 4.39. The Bertz CT molecular complexity index is 1220. The van der Waals surface area contributed by atoms with Gasteiger partial charge in [0.15, 0.2) is 5.15 Å². The lowest BCUT2D eigenvalue weighted by Crippen LogP contribution is -2.46. The molecule has 8 nitrogen and oxygen atoms in total. The summed E-state index contributed by atoms with van der Waals surface area (Å²) in [6.07, 6.45) is 1.57. The number of primary amides is 1. The molecule has 1 fully saturated rings. The van der Waals surface area contributed by atoms with Crippen molar-refractivity contribution in [3.05, 3.63) is 62.3 Å². The van der Waals surface area contributed by atoms with Crippen LogP contribution >= 0.6 is 11.6 Å². The maximum atomic E-state index is 12.2. The maximum absolute atomic E-state index is 12.2. The molecule has 1 aliphatic heterocycles. The summed E-state index contributed by atoms with van der Waals surface area (Å²) in [6.45, 7) is 7.94. The number of H-pyrrole nitrogens is 1. The van der Waals surface area contributed by atoms with Gasteiger partial charge in [-0.1, -0.05) is 31.0 Å². The molecule has 1 aromatic carbocycles. The van der Waals surface area contributed by atoms with Gasteiger partial charge in [0, 0.05) is 32.7 Å². The van der Waals surface area contributed by atoms with Crippen molar-refractivity contribution in [1.82, 2.24) is 19.9 Å². The van der Waals surface area contributed by atoms with Crippen LogP contribution in [0.1, 0.15) is 40.7 Å². The first-order valence-electron chi connectivity index (χ1n) is 10.8. The summed E-state index contributed by atoms with van der Waals surface area (Å²) in [7, 11) is 0. The van der Waals surface area contributed by atoms with Crippen LogP contribution in [0, 0.1) is 6.92 Å². The molecule has 0 unspecified atom stereocenters. The SMILES string of the molecule is CCCc1nc2ccc(CN3CCN(c4cc(C)c(C(N)=O)nc4Cl)CC3)cc2[nH]c1=O. The molecule has 3 N–H and O–H groups in total. The van der Waals surface area contributed by atoms with Gasteiger partial charge in [0.05, 0.1) is 16.7 Å². The largest absolute Gasteiger partial charge is 0.366 e. The number of aromatic nitrogens is 3. The van der Waals surface area contributed by atoms with Crippen LogP contribution in [0.3, 0.4) is 0 Å². The highest BCUT2D eigenvalue weighted by molar-refractivity contribution is 6.32. The molecular formula is C23H27ClN6O2. The highest BCUT2D eigenvalue weighted by Crippen LogP contribution is 2.27. The molecule has 4 rings (SSSR count). The molecule has 1 saturated heterocycles. The Hall–Kier alpha value is -2.97. The standard InChI is InChI=1S/C23H27ClN6O2/c1-3-4-17-23(32)27-18-12-15(5-6-16(18)26-17)13-29-7-9-30(10-8-29)19-11-14(2)20(22(25)31)28-21(19)24/h5-6,11-12H,3-4,7-10,13H2,1-2H3,(H2,25,31)(H,27,32). The molecule has 32 heavy (non-hydrogen) atoms. The van der Waals surface area contributed by atoms with Gasteiger partial charge in [0.2, 0.25) is 0 Å². The average Bonchev–Trinajstić information content (AvgIpc) is 2.76. The monoisotopic (exact) mass is 454 g/mol. The van der Waals surface area contributed by atoms with Crippen LogP contribution in [0.5, 0.6) is 0 Å². The molecule has 3 heterocycles. The van der Waals surface area contributed by atoms with E-state index in [4.69, 9.17) is 17.3 Å². The van der Waals surface area contributed by atoms with Gasteiger partial charge < -0.3 is 15.6 Å². The number of anilines is 1. The quantitative estimate of drug-likeness (QED) is 0.554. The highest BCUT2D eigenvalue weighted by atomic mass is 35.5. The number of halogens is 1. The molecule has 0 saturated carbocycles. The lowest BCUT2D eigenvalue weighted by atomic mass is 10.1. The Morgan fingerprint density at radius 1 is 1.19 bits per heavy atom. The lowest BCUT2D eigenvalue weighted by molar-refractivity contribution is 0.0995. The van der Waals surface area contributed by atoms with Crippen molar-refractivity contribution in [1.29, 1.82) is 0 Å². The second-order valence-corrected chi connectivity index (χ2v) is 8.56. The summed E-state index contributed by atoms with van der Waals surface area (Å²) in [5.41, 5.74) is 10.3. The summed E-state index contributed by atoms with van der Waals surface area (Å²) < 4.78 is 0. The Balaban J connectivity index is 1.43. The highest BCUT2D eigenvalue weighted by Gasteiger charge is 2.21. The molecule has 0 aliphatic carbocycles. The smallest absolute Gasteiger partial charge is 0.270 e. The maximum Gasteiger partial charge on any atom is 0.270 e. The molecule has 168 valence electrons. The number of aryl methyl sites for hydroxylation is 2. The fourth-order valence-electron chi connectivity index (χ4n) is 4.13. The van der Waals surface area contributed by atoms with Gasteiger partial charge in [-0.3, -0.25) is 14.5 Å². The molecule has 9 heteroatoms. The van der Waals surface area contributed by atoms with E-state index in [0.29, 0.717) is 17.3 Å². The number of piperazine rings is 1. The van der Waals surface area contributed by atoms with E-state index >= 15 is 0 Å². The third-order valence-corrected chi connectivity index (χ3v) is 6.09. The molecule has 0 bridgehead atoms. The molecule has 0 spiro atoms. The van der Waals surface area contributed by atoms with E-state index in [1.54, 1.807) is 0 Å². The van der Waals surface area contributed by atoms with Crippen molar-refractivity contribution in [2.45, 2.75) is 33.2 Å². The second kappa shape index (κ2) is 9.26. The minimum atomic E-state index is -0.575. The molecular weight excluding hydrogens is 428 g/mol. The van der Waals surface area contributed by atoms with Crippen LogP contribution < -0.4 is 16.2 Å². The molecule has 2 aromatic heterocycles. The number of carbonyl (C=O) groups is 1. The predicted molar refractivity (Wildman–Crippen MR) is 126 cm³/mol. The minimum absolute atomic E-state index is 0.103. The summed E-state index contributed by atoms with van der Waals surface area (Å²) in [6, 6.07) is 7.94. The molecule has 0 atom stereocenters. The number of benzene rings is 1. The molecule has 1 aliphatic rings. The van der Waals surface area contributed by atoms with Crippen LogP contribution in [-0.4, -0.2) is 51.9 Å². The Kier molecular flexibility index (Phi) is 6.43. The van der Waals surface area contributed by atoms with E-state index < -0.39 is 5.91 Å². The summed E-state index contributed by atoms with van der Waals surface area (Å²) >= 11 is 6.33. The normalized spacial score (nSPS) is 14.8. The number of aromatic amines is 1. The van der Waals surface area contributed by atoms with Gasteiger partial charge in [0.25, 0.3) is 11.5 Å². The number of nitrogens with one attached hydrogen (secondary N) is 1. The Morgan fingerprint density at radius 2 is 1.94 bits per heavy atom. The van der Waals surface area contributed by atoms with Crippen LogP contribution in [-0.2, 0) is 13.0 Å². The number of fused-ring (bicyclic) bond motifs is 1. The van der Waals surface area contributed by atoms with Gasteiger partial charge in [-0.05, 0) is 42.7 Å². The van der Waals surface area contributed by atoms with E-state index in [1.165, 1.54) is 0 Å². The average molecular weight is 455 g/mol. The number of carbonyl (C=O) groups excluding carboxylic acids is 1. The molecule has 3 aromatic rings. The van der Waals surface area contributed by atoms with Crippen LogP contribution in [0.4, 0.5) is 5.69 Å². The van der Waals surface area contributed by atoms with E-state index in [2.05, 4.69) is 30.8 Å². The zero-order valence-electron chi connectivity index (χ0n) is 18.3. The van der Waals surface area contributed by atoms with Crippen LogP contribution in [0.25, 0.3) is 11.0 Å². The predicted octanol–water partition coefficient (Wildman–Crippen LogP) is 2.65. The Labute approximate surface area is 191 Å². The number of hydrogen-bond donors (Lipinski definition) is 2. The van der Waals surface area contributed by atoms with Crippen molar-refractivity contribution in [3.63, 3.8) is 0 Å². The number of amides is 1. The van der Waals surface area contributed by atoms with Crippen molar-refractivity contribution in [2.75, 3.05) is 31.1 Å². The van der Waals surface area contributed by atoms with E-state index in [9.17, 15) is 9.59 Å². The number of nitrogens with two attached hydrogens (primary N) is 1. The van der Waals surface area contributed by atoms with Crippen molar-refractivity contribution >= 4 is 34.2 Å². The fraction of sp³-hybridized carbons (Fsp3) is 0.391. The van der Waals surface area contributed by atoms with E-state index in [1.807, 2.05) is 32.0 Å². The third-order valence-electron chi connectivity index (χ3n) is 5.81. The second-order valence-electron chi connectivity index (χ2n) is 8.21. The van der Waals surface area contributed by atoms with Gasteiger partial charge in [-0.25, -0.2) is 9.97 Å². The first kappa shape index (κ1) is 22.2. The van der Waals surface area contributed by atoms with Crippen molar-refractivity contribution < 1.29 is 4.79 Å². The first-order chi connectivity index (χ1) is 15.4. The third kappa shape index (κ3) is 4.61. The van der Waals surface area contributed by atoms with Crippen molar-refractivity contribution in [3.8, 4) is 0 Å². The van der Waals surface area contributed by atoms with Crippen LogP contribution in [0.15, 0.2) is 29.1 Å². The number of pyridine rings is 1. The van der Waals surface area contributed by atoms with E-state index in [-0.39, 0.29) is 11.3 Å². The lowest BCUT2D eigenvalue weighted by Gasteiger charge is -2.36. The summed E-state index contributed by atoms with van der Waals surface area (Å²) in [5, 5.41) is 0.297. The van der Waals surface area contributed by atoms with Crippen molar-refractivity contribution in [2.24, 2.45) is 5.73 Å². The van der Waals surface area contributed by atoms with Crippen LogP contribution in [0.2, 0.25) is 5.15 Å². The van der Waals surface area contributed by atoms with Gasteiger partial charge in [-0.15, -0.1) is 0 Å². The topological polar surface area (TPSA) is 108 Å². The molecule has 0 radical (unpaired) electrons. The zero-order chi connectivity index (χ0) is 22.8. The molecule has 1 amide bonds. The van der Waals surface area contributed by atoms with Gasteiger partial charge >= 0.3 is 0 Å². The summed E-state index contributed by atoms with van der Waals surface area (Å²) in [5.74, 6) is -0.575. The number of nitrogens with zero attached hydrogens (tertiary/aromatic N) is 4.